The molecular formula is C17H23N3O4S. The van der Waals surface area contributed by atoms with Crippen LogP contribution >= 0.6 is 0 Å². The van der Waals surface area contributed by atoms with Crippen LogP contribution in [0.25, 0.3) is 0 Å². The van der Waals surface area contributed by atoms with E-state index in [0.717, 1.165) is 32.4 Å². The van der Waals surface area contributed by atoms with Crippen molar-refractivity contribution in [3.05, 3.63) is 24.5 Å². The molecule has 0 N–H and O–H groups in total. The number of sulfonamides is 1. The average Bonchev–Trinajstić information content (AvgIpc) is 2.99. The van der Waals surface area contributed by atoms with E-state index in [0.29, 0.717) is 32.0 Å². The quantitative estimate of drug-likeness (QED) is 0.791. The zero-order chi connectivity index (χ0) is 17.5. The molecule has 25 heavy (non-hydrogen) atoms. The summed E-state index contributed by atoms with van der Waals surface area (Å²) in [7, 11) is -3.48. The second kappa shape index (κ2) is 6.34. The predicted molar refractivity (Wildman–Crippen MR) is 90.2 cm³/mol. The molecule has 4 heterocycles. The van der Waals surface area contributed by atoms with Crippen molar-refractivity contribution >= 4 is 15.9 Å². The molecule has 3 aliphatic heterocycles. The lowest BCUT2D eigenvalue weighted by atomic mass is 9.84. The molecule has 8 heteroatoms. The molecule has 0 aromatic carbocycles. The first-order valence-electron chi connectivity index (χ1n) is 8.80. The minimum Gasteiger partial charge on any atom is -0.372 e. The second-order valence-electron chi connectivity index (χ2n) is 7.30. The number of amides is 1. The SMILES string of the molecule is O=C1CCCN1CC1CCC2(CN(S(=O)(=O)c3cccnc3)C2)OC1. The number of likely N-dealkylation sites (tertiary alicyclic amines) is 1. The molecule has 0 radical (unpaired) electrons. The molecular weight excluding hydrogens is 342 g/mol. The van der Waals surface area contributed by atoms with Crippen molar-refractivity contribution in [2.75, 3.05) is 32.8 Å². The van der Waals surface area contributed by atoms with Gasteiger partial charge in [0.1, 0.15) is 4.90 Å². The molecule has 1 amide bonds. The Morgan fingerprint density at radius 1 is 1.36 bits per heavy atom. The highest BCUT2D eigenvalue weighted by atomic mass is 32.2. The number of hydrogen-bond donors (Lipinski definition) is 0. The van der Waals surface area contributed by atoms with Crippen LogP contribution in [-0.2, 0) is 19.6 Å². The van der Waals surface area contributed by atoms with E-state index in [1.165, 1.54) is 10.5 Å². The number of hydrogen-bond acceptors (Lipinski definition) is 5. The third-order valence-corrected chi connectivity index (χ3v) is 7.26. The summed E-state index contributed by atoms with van der Waals surface area (Å²) in [5, 5.41) is 0. The molecule has 0 bridgehead atoms. The van der Waals surface area contributed by atoms with E-state index in [9.17, 15) is 13.2 Å². The molecule has 4 rings (SSSR count). The first-order valence-corrected chi connectivity index (χ1v) is 10.2. The monoisotopic (exact) mass is 365 g/mol. The van der Waals surface area contributed by atoms with Crippen LogP contribution in [-0.4, -0.2) is 66.9 Å². The van der Waals surface area contributed by atoms with E-state index in [2.05, 4.69) is 4.98 Å². The maximum Gasteiger partial charge on any atom is 0.244 e. The zero-order valence-corrected chi connectivity index (χ0v) is 15.0. The van der Waals surface area contributed by atoms with Crippen LogP contribution in [0, 0.1) is 5.92 Å². The summed E-state index contributed by atoms with van der Waals surface area (Å²) in [5.41, 5.74) is -0.346. The molecule has 3 saturated heterocycles. The molecule has 3 aliphatic rings. The molecule has 1 atom stereocenters. The van der Waals surface area contributed by atoms with Gasteiger partial charge in [-0.2, -0.15) is 4.31 Å². The summed E-state index contributed by atoms with van der Waals surface area (Å²) in [5.74, 6) is 0.606. The van der Waals surface area contributed by atoms with Gasteiger partial charge in [0.05, 0.1) is 12.2 Å². The van der Waals surface area contributed by atoms with Crippen LogP contribution in [0.2, 0.25) is 0 Å². The van der Waals surface area contributed by atoms with E-state index >= 15 is 0 Å². The Bertz CT molecular complexity index is 736. The molecule has 136 valence electrons. The van der Waals surface area contributed by atoms with Crippen molar-refractivity contribution in [1.29, 1.82) is 0 Å². The minimum atomic E-state index is -3.48. The Morgan fingerprint density at radius 3 is 2.80 bits per heavy atom. The van der Waals surface area contributed by atoms with Crippen molar-refractivity contribution in [3.8, 4) is 0 Å². The molecule has 3 fully saturated rings. The highest BCUT2D eigenvalue weighted by molar-refractivity contribution is 7.89. The van der Waals surface area contributed by atoms with E-state index in [1.807, 2.05) is 4.90 Å². The fourth-order valence-corrected chi connectivity index (χ4v) is 5.49. The Morgan fingerprint density at radius 2 is 2.20 bits per heavy atom. The number of aromatic nitrogens is 1. The second-order valence-corrected chi connectivity index (χ2v) is 9.24. The first kappa shape index (κ1) is 16.9. The maximum atomic E-state index is 12.6. The van der Waals surface area contributed by atoms with Crippen LogP contribution < -0.4 is 0 Å². The summed E-state index contributed by atoms with van der Waals surface area (Å²) in [6.07, 6.45) is 6.39. The van der Waals surface area contributed by atoms with E-state index < -0.39 is 10.0 Å². The topological polar surface area (TPSA) is 79.8 Å². The van der Waals surface area contributed by atoms with Crippen molar-refractivity contribution in [1.82, 2.24) is 14.2 Å². The van der Waals surface area contributed by atoms with Gasteiger partial charge in [-0.3, -0.25) is 9.78 Å². The average molecular weight is 365 g/mol. The zero-order valence-electron chi connectivity index (χ0n) is 14.1. The van der Waals surface area contributed by atoms with Gasteiger partial charge in [-0.1, -0.05) is 0 Å². The van der Waals surface area contributed by atoms with Crippen LogP contribution in [0.15, 0.2) is 29.4 Å². The van der Waals surface area contributed by atoms with E-state index in [-0.39, 0.29) is 16.4 Å². The molecule has 1 unspecified atom stereocenters. The largest absolute Gasteiger partial charge is 0.372 e. The van der Waals surface area contributed by atoms with Crippen molar-refractivity contribution < 1.29 is 17.9 Å². The molecule has 1 aromatic heterocycles. The van der Waals surface area contributed by atoms with Crippen LogP contribution in [0.3, 0.4) is 0 Å². The molecule has 0 aliphatic carbocycles. The van der Waals surface area contributed by atoms with Gasteiger partial charge in [-0.05, 0) is 31.4 Å². The number of nitrogens with zero attached hydrogens (tertiary/aromatic N) is 3. The summed E-state index contributed by atoms with van der Waals surface area (Å²) in [6, 6.07) is 3.20. The Hall–Kier alpha value is -1.51. The summed E-state index contributed by atoms with van der Waals surface area (Å²) >= 11 is 0. The van der Waals surface area contributed by atoms with Gasteiger partial charge in [0.15, 0.2) is 0 Å². The lowest BCUT2D eigenvalue weighted by molar-refractivity contribution is -0.160. The fourth-order valence-electron chi connectivity index (χ4n) is 3.93. The van der Waals surface area contributed by atoms with Gasteiger partial charge in [0.2, 0.25) is 15.9 Å². The number of rotatable bonds is 4. The number of pyridine rings is 1. The highest BCUT2D eigenvalue weighted by Gasteiger charge is 2.51. The Kier molecular flexibility index (Phi) is 4.29. The minimum absolute atomic E-state index is 0.228. The molecule has 1 aromatic rings. The Labute approximate surface area is 148 Å². The summed E-state index contributed by atoms with van der Waals surface area (Å²) in [4.78, 5) is 17.8. The van der Waals surface area contributed by atoms with Gasteiger partial charge in [-0.15, -0.1) is 0 Å². The van der Waals surface area contributed by atoms with Crippen LogP contribution in [0.5, 0.6) is 0 Å². The van der Waals surface area contributed by atoms with Gasteiger partial charge in [-0.25, -0.2) is 8.42 Å². The molecule has 0 saturated carbocycles. The normalized spacial score (nSPS) is 26.8. The standard InChI is InChI=1S/C17H23N3O4S/c21-16-4-2-8-19(16)10-14-5-6-17(24-11-14)12-20(13-17)25(22,23)15-3-1-7-18-9-15/h1,3,7,9,14H,2,4-6,8,10-13H2. The first-order chi connectivity index (χ1) is 12.0. The van der Waals surface area contributed by atoms with Gasteiger partial charge >= 0.3 is 0 Å². The predicted octanol–water partition coefficient (Wildman–Crippen LogP) is 0.874. The maximum absolute atomic E-state index is 12.6. The van der Waals surface area contributed by atoms with E-state index in [1.54, 1.807) is 18.3 Å². The highest BCUT2D eigenvalue weighted by Crippen LogP contribution is 2.39. The summed E-state index contributed by atoms with van der Waals surface area (Å²) in [6.45, 7) is 3.04. The third kappa shape index (κ3) is 3.18. The molecule has 1 spiro atoms. The molecule has 7 nitrogen and oxygen atoms in total. The Balaban J connectivity index is 1.31. The van der Waals surface area contributed by atoms with Gasteiger partial charge in [0.25, 0.3) is 0 Å². The lowest BCUT2D eigenvalue weighted by Gasteiger charge is -2.52. The van der Waals surface area contributed by atoms with Gasteiger partial charge < -0.3 is 9.64 Å². The number of carbonyl (C=O) groups excluding carboxylic acids is 1. The fraction of sp³-hybridized carbons (Fsp3) is 0.647. The van der Waals surface area contributed by atoms with Crippen molar-refractivity contribution in [3.63, 3.8) is 0 Å². The smallest absolute Gasteiger partial charge is 0.244 e. The van der Waals surface area contributed by atoms with Crippen LogP contribution in [0.1, 0.15) is 25.7 Å². The number of carbonyl (C=O) groups is 1. The van der Waals surface area contributed by atoms with E-state index in [4.69, 9.17) is 4.74 Å². The van der Waals surface area contributed by atoms with Crippen LogP contribution in [0.4, 0.5) is 0 Å². The third-order valence-electron chi connectivity index (χ3n) is 5.48. The lowest BCUT2D eigenvalue weighted by Crippen LogP contribution is -2.66. The van der Waals surface area contributed by atoms with Crippen molar-refractivity contribution in [2.45, 2.75) is 36.2 Å². The van der Waals surface area contributed by atoms with Gasteiger partial charge in [0, 0.05) is 50.9 Å². The number of ether oxygens (including phenoxy) is 1. The van der Waals surface area contributed by atoms with Crippen molar-refractivity contribution in [2.24, 2.45) is 5.92 Å². The summed E-state index contributed by atoms with van der Waals surface area (Å²) < 4.78 is 32.6.